The largest absolute Gasteiger partial charge is 0.479 e. The fraction of sp³-hybridized carbons (Fsp3) is 0.222. The molecule has 0 atom stereocenters. The van der Waals surface area contributed by atoms with Gasteiger partial charge in [0, 0.05) is 11.1 Å². The van der Waals surface area contributed by atoms with E-state index in [2.05, 4.69) is 4.98 Å². The molecular weight excluding hydrogens is 285 g/mol. The topological polar surface area (TPSA) is 79.7 Å². The minimum atomic E-state index is -4.21. The van der Waals surface area contributed by atoms with E-state index in [9.17, 15) is 4.57 Å². The van der Waals surface area contributed by atoms with Crippen LogP contribution in [0.3, 0.4) is 0 Å². The number of aryl methyl sites for hydroxylation is 1. The summed E-state index contributed by atoms with van der Waals surface area (Å²) in [5.74, 6) is 0.292. The smallest absolute Gasteiger partial charge is 0.362 e. The summed E-state index contributed by atoms with van der Waals surface area (Å²) in [5, 5.41) is 0.488. The molecule has 1 aromatic heterocycles. The molecule has 0 aliphatic carbocycles. The van der Waals surface area contributed by atoms with E-state index in [-0.39, 0.29) is 0 Å². The minimum Gasteiger partial charge on any atom is -0.479 e. The molecule has 2 N–H and O–H groups in total. The van der Waals surface area contributed by atoms with Crippen LogP contribution in [0.4, 0.5) is 0 Å². The van der Waals surface area contributed by atoms with Gasteiger partial charge in [0.15, 0.2) is 6.35 Å². The molecule has 0 amide bonds. The van der Waals surface area contributed by atoms with Gasteiger partial charge >= 0.3 is 7.60 Å². The molecule has 5 nitrogen and oxygen atoms in total. The van der Waals surface area contributed by atoms with Crippen molar-refractivity contribution >= 4 is 40.8 Å². The summed E-state index contributed by atoms with van der Waals surface area (Å²) in [6, 6.07) is 1.52. The van der Waals surface area contributed by atoms with Gasteiger partial charge in [-0.3, -0.25) is 4.57 Å². The predicted octanol–water partition coefficient (Wildman–Crippen LogP) is 2.77. The number of hydrogen-bond donors (Lipinski definition) is 2. The first-order valence-corrected chi connectivity index (χ1v) is 7.63. The number of rotatable bonds is 3. The standard InChI is InChI=1S/C9H9ClNO4PS/c1-5-6(10)2-7(15-4-16(12,13)14)8-9(5)17-3-11-8/h2-3H,4H2,1H3,(H2,12,13,14). The Balaban J connectivity index is 2.44. The quantitative estimate of drug-likeness (QED) is 0.851. The zero-order valence-corrected chi connectivity index (χ0v) is 11.2. The molecule has 0 spiro atoms. The van der Waals surface area contributed by atoms with Crippen LogP contribution in [0.1, 0.15) is 5.56 Å². The SMILES string of the molecule is Cc1c(Cl)cc(OCP(=O)(O)O)c2ncsc12. The lowest BCUT2D eigenvalue weighted by atomic mass is 10.2. The van der Waals surface area contributed by atoms with Crippen molar-refractivity contribution in [3.8, 4) is 5.75 Å². The van der Waals surface area contributed by atoms with Crippen LogP contribution < -0.4 is 4.74 Å². The molecule has 92 valence electrons. The van der Waals surface area contributed by atoms with Gasteiger partial charge in [-0.2, -0.15) is 0 Å². The molecule has 1 aromatic carbocycles. The molecule has 2 aromatic rings. The molecule has 0 saturated heterocycles. The molecule has 0 aliphatic rings. The number of ether oxygens (including phenoxy) is 1. The molecule has 0 fully saturated rings. The normalized spacial score (nSPS) is 12.0. The molecule has 0 saturated carbocycles. The zero-order chi connectivity index (χ0) is 12.6. The Hall–Kier alpha value is -0.650. The summed E-state index contributed by atoms with van der Waals surface area (Å²) in [7, 11) is -4.21. The van der Waals surface area contributed by atoms with Gasteiger partial charge in [-0.1, -0.05) is 11.6 Å². The number of aromatic nitrogens is 1. The van der Waals surface area contributed by atoms with E-state index in [1.54, 1.807) is 5.51 Å². The average Bonchev–Trinajstić information content (AvgIpc) is 2.69. The highest BCUT2D eigenvalue weighted by Gasteiger charge is 2.17. The van der Waals surface area contributed by atoms with Crippen molar-refractivity contribution in [1.29, 1.82) is 0 Å². The lowest BCUT2D eigenvalue weighted by molar-refractivity contribution is 0.302. The molecule has 17 heavy (non-hydrogen) atoms. The molecule has 0 bridgehead atoms. The molecule has 2 rings (SSSR count). The third kappa shape index (κ3) is 2.78. The second-order valence-corrected chi connectivity index (χ2v) is 6.30. The molecular formula is C9H9ClNO4PS. The Bertz CT molecular complexity index is 608. The number of thiazole rings is 1. The molecule has 0 aliphatic heterocycles. The van der Waals surface area contributed by atoms with E-state index in [4.69, 9.17) is 26.1 Å². The predicted molar refractivity (Wildman–Crippen MR) is 66.9 cm³/mol. The Morgan fingerprint density at radius 3 is 2.94 bits per heavy atom. The Labute approximate surface area is 106 Å². The van der Waals surface area contributed by atoms with Crippen molar-refractivity contribution in [3.63, 3.8) is 0 Å². The van der Waals surface area contributed by atoms with Crippen LogP contribution in [0.5, 0.6) is 5.75 Å². The lowest BCUT2D eigenvalue weighted by Crippen LogP contribution is -1.99. The van der Waals surface area contributed by atoms with Gasteiger partial charge in [0.1, 0.15) is 11.3 Å². The highest BCUT2D eigenvalue weighted by molar-refractivity contribution is 7.51. The van der Waals surface area contributed by atoms with Crippen molar-refractivity contribution < 1.29 is 19.1 Å². The van der Waals surface area contributed by atoms with Crippen molar-refractivity contribution in [2.24, 2.45) is 0 Å². The van der Waals surface area contributed by atoms with Gasteiger partial charge in [-0.25, -0.2) is 4.98 Å². The van der Waals surface area contributed by atoms with Crippen LogP contribution in [0.2, 0.25) is 5.02 Å². The first-order valence-electron chi connectivity index (χ1n) is 4.58. The van der Waals surface area contributed by atoms with E-state index in [0.29, 0.717) is 16.3 Å². The maximum atomic E-state index is 10.7. The Morgan fingerprint density at radius 1 is 1.59 bits per heavy atom. The first kappa shape index (κ1) is 12.8. The first-order chi connectivity index (χ1) is 7.88. The van der Waals surface area contributed by atoms with Crippen molar-refractivity contribution in [2.75, 3.05) is 6.35 Å². The zero-order valence-electron chi connectivity index (χ0n) is 8.75. The molecule has 0 radical (unpaired) electrons. The number of hydrogen-bond acceptors (Lipinski definition) is 4. The second kappa shape index (κ2) is 4.55. The van der Waals surface area contributed by atoms with Crippen LogP contribution in [0.25, 0.3) is 10.2 Å². The van der Waals surface area contributed by atoms with E-state index in [1.165, 1.54) is 17.4 Å². The summed E-state index contributed by atoms with van der Waals surface area (Å²) in [6.45, 7) is 1.86. The van der Waals surface area contributed by atoms with Crippen LogP contribution >= 0.6 is 30.5 Å². The number of fused-ring (bicyclic) bond motifs is 1. The van der Waals surface area contributed by atoms with Gasteiger partial charge in [0.2, 0.25) is 0 Å². The Morgan fingerprint density at radius 2 is 2.29 bits per heavy atom. The van der Waals surface area contributed by atoms with Crippen molar-refractivity contribution in [2.45, 2.75) is 6.92 Å². The fourth-order valence-electron chi connectivity index (χ4n) is 1.35. The second-order valence-electron chi connectivity index (χ2n) is 3.45. The van der Waals surface area contributed by atoms with Gasteiger partial charge in [0.05, 0.1) is 10.2 Å². The molecule has 0 unspecified atom stereocenters. The number of benzene rings is 1. The van der Waals surface area contributed by atoms with Gasteiger partial charge in [0.25, 0.3) is 0 Å². The molecule has 1 heterocycles. The summed E-state index contributed by atoms with van der Waals surface area (Å²) in [4.78, 5) is 21.6. The van der Waals surface area contributed by atoms with Crippen molar-refractivity contribution in [3.05, 3.63) is 22.2 Å². The van der Waals surface area contributed by atoms with Gasteiger partial charge < -0.3 is 14.5 Å². The maximum Gasteiger partial charge on any atom is 0.362 e. The lowest BCUT2D eigenvalue weighted by Gasteiger charge is -2.09. The number of halogens is 1. The highest BCUT2D eigenvalue weighted by Crippen LogP contribution is 2.39. The highest BCUT2D eigenvalue weighted by atomic mass is 35.5. The van der Waals surface area contributed by atoms with Gasteiger partial charge in [-0.05, 0) is 12.5 Å². The minimum absolute atomic E-state index is 0.292. The summed E-state index contributed by atoms with van der Waals surface area (Å²) < 4.78 is 16.7. The summed E-state index contributed by atoms with van der Waals surface area (Å²) >= 11 is 7.41. The fourth-order valence-corrected chi connectivity index (χ4v) is 2.72. The van der Waals surface area contributed by atoms with E-state index in [0.717, 1.165) is 10.3 Å². The van der Waals surface area contributed by atoms with Crippen LogP contribution in [-0.2, 0) is 4.57 Å². The van der Waals surface area contributed by atoms with E-state index < -0.39 is 13.9 Å². The average molecular weight is 294 g/mol. The van der Waals surface area contributed by atoms with E-state index >= 15 is 0 Å². The maximum absolute atomic E-state index is 10.7. The molecule has 8 heteroatoms. The van der Waals surface area contributed by atoms with Crippen LogP contribution in [0, 0.1) is 6.92 Å². The van der Waals surface area contributed by atoms with Crippen molar-refractivity contribution in [1.82, 2.24) is 4.98 Å². The van der Waals surface area contributed by atoms with Gasteiger partial charge in [-0.15, -0.1) is 11.3 Å². The van der Waals surface area contributed by atoms with Crippen LogP contribution in [-0.4, -0.2) is 21.1 Å². The third-order valence-corrected chi connectivity index (χ3v) is 3.95. The monoisotopic (exact) mass is 293 g/mol. The Kier molecular flexibility index (Phi) is 3.43. The van der Waals surface area contributed by atoms with E-state index in [1.807, 2.05) is 6.92 Å². The summed E-state index contributed by atoms with van der Waals surface area (Å²) in [6.07, 6.45) is -0.682. The number of nitrogens with zero attached hydrogens (tertiary/aromatic N) is 1. The summed E-state index contributed by atoms with van der Waals surface area (Å²) in [5.41, 5.74) is 3.09. The third-order valence-electron chi connectivity index (χ3n) is 2.15. The van der Waals surface area contributed by atoms with Crippen LogP contribution in [0.15, 0.2) is 11.6 Å².